The van der Waals surface area contributed by atoms with Crippen molar-refractivity contribution in [1.82, 2.24) is 4.90 Å². The number of likely N-dealkylation sites (tertiary alicyclic amines) is 1. The van der Waals surface area contributed by atoms with Crippen LogP contribution in [0.1, 0.15) is 41.3 Å². The fraction of sp³-hybridized carbons (Fsp3) is 0.480. The summed E-state index contributed by atoms with van der Waals surface area (Å²) in [5, 5.41) is 0. The molecule has 31 heavy (non-hydrogen) atoms. The van der Waals surface area contributed by atoms with Crippen molar-refractivity contribution in [3.8, 4) is 17.2 Å². The van der Waals surface area contributed by atoms with E-state index >= 15 is 0 Å². The summed E-state index contributed by atoms with van der Waals surface area (Å²) in [7, 11) is 0. The summed E-state index contributed by atoms with van der Waals surface area (Å²) in [5.41, 5.74) is 2.95. The Labute approximate surface area is 183 Å². The lowest BCUT2D eigenvalue weighted by atomic mass is 10.1. The number of rotatable bonds is 6. The second-order valence-corrected chi connectivity index (χ2v) is 8.69. The number of hydrogen-bond acceptors (Lipinski definition) is 4. The van der Waals surface area contributed by atoms with Gasteiger partial charge in [0, 0.05) is 31.4 Å². The topological polar surface area (TPSA) is 52.4 Å². The van der Waals surface area contributed by atoms with E-state index in [1.807, 2.05) is 41.3 Å². The zero-order valence-corrected chi connectivity index (χ0v) is 18.2. The van der Waals surface area contributed by atoms with Crippen LogP contribution in [-0.2, 0) is 13.0 Å². The number of quaternary nitrogens is 1. The molecular weight excluding hydrogens is 392 g/mol. The molecule has 3 aliphatic rings. The van der Waals surface area contributed by atoms with Crippen LogP contribution < -0.4 is 19.1 Å². The first-order valence-electron chi connectivity index (χ1n) is 11.5. The van der Waals surface area contributed by atoms with Crippen LogP contribution in [0.15, 0.2) is 36.4 Å². The van der Waals surface area contributed by atoms with E-state index < -0.39 is 0 Å². The minimum atomic E-state index is 0.0898. The average molecular weight is 424 g/mol. The van der Waals surface area contributed by atoms with Crippen LogP contribution in [0.5, 0.6) is 17.2 Å². The number of benzene rings is 2. The molecule has 164 valence electrons. The Balaban J connectivity index is 1.40. The second-order valence-electron chi connectivity index (χ2n) is 8.69. The summed E-state index contributed by atoms with van der Waals surface area (Å²) in [6.45, 7) is 7.71. The van der Waals surface area contributed by atoms with Crippen LogP contribution >= 0.6 is 0 Å². The number of carbonyl (C=O) groups is 1. The number of nitrogens with one attached hydrogen (secondary N) is 1. The molecule has 6 nitrogen and oxygen atoms in total. The molecule has 1 amide bonds. The van der Waals surface area contributed by atoms with Crippen molar-refractivity contribution in [2.75, 3.05) is 39.5 Å². The van der Waals surface area contributed by atoms with E-state index in [2.05, 4.69) is 6.92 Å². The Hall–Kier alpha value is -2.73. The van der Waals surface area contributed by atoms with Gasteiger partial charge in [-0.15, -0.1) is 0 Å². The minimum absolute atomic E-state index is 0.0898. The van der Waals surface area contributed by atoms with Gasteiger partial charge >= 0.3 is 0 Å². The summed E-state index contributed by atoms with van der Waals surface area (Å²) in [6, 6.07) is 12.4. The van der Waals surface area contributed by atoms with Gasteiger partial charge in [-0.05, 0) is 48.4 Å². The van der Waals surface area contributed by atoms with E-state index in [-0.39, 0.29) is 5.91 Å². The molecule has 5 rings (SSSR count). The smallest absolute Gasteiger partial charge is 0.254 e. The average Bonchev–Trinajstić information content (AvgIpc) is 3.46. The third-order valence-electron chi connectivity index (χ3n) is 6.73. The van der Waals surface area contributed by atoms with Crippen molar-refractivity contribution in [2.24, 2.45) is 0 Å². The summed E-state index contributed by atoms with van der Waals surface area (Å²) >= 11 is 0. The highest BCUT2D eigenvalue weighted by Crippen LogP contribution is 2.32. The zero-order chi connectivity index (χ0) is 21.2. The summed E-state index contributed by atoms with van der Waals surface area (Å²) < 4.78 is 17.0. The van der Waals surface area contributed by atoms with Gasteiger partial charge in [0.15, 0.2) is 11.5 Å². The molecule has 0 aliphatic carbocycles. The highest BCUT2D eigenvalue weighted by atomic mass is 16.6. The van der Waals surface area contributed by atoms with Crippen molar-refractivity contribution < 1.29 is 23.9 Å². The number of hydrogen-bond donors (Lipinski definition) is 1. The third-order valence-corrected chi connectivity index (χ3v) is 6.73. The highest BCUT2D eigenvalue weighted by Gasteiger charge is 2.31. The first-order valence-corrected chi connectivity index (χ1v) is 11.5. The van der Waals surface area contributed by atoms with Crippen molar-refractivity contribution >= 4 is 5.91 Å². The van der Waals surface area contributed by atoms with Crippen LogP contribution in [-0.4, -0.2) is 56.3 Å². The van der Waals surface area contributed by atoms with Crippen LogP contribution in [0.2, 0.25) is 0 Å². The van der Waals surface area contributed by atoms with Crippen molar-refractivity contribution in [3.05, 3.63) is 53.1 Å². The summed E-state index contributed by atoms with van der Waals surface area (Å²) in [5.74, 6) is 2.55. The van der Waals surface area contributed by atoms with Crippen molar-refractivity contribution in [2.45, 2.75) is 38.8 Å². The van der Waals surface area contributed by atoms with Crippen molar-refractivity contribution in [3.63, 3.8) is 0 Å². The predicted molar refractivity (Wildman–Crippen MR) is 117 cm³/mol. The Morgan fingerprint density at radius 1 is 1.03 bits per heavy atom. The third kappa shape index (κ3) is 4.22. The Morgan fingerprint density at radius 2 is 1.84 bits per heavy atom. The van der Waals surface area contributed by atoms with Crippen molar-refractivity contribution in [1.29, 1.82) is 0 Å². The predicted octanol–water partition coefficient (Wildman–Crippen LogP) is 2.10. The molecule has 1 unspecified atom stereocenters. The number of ether oxygens (including phenoxy) is 3. The monoisotopic (exact) mass is 423 g/mol. The molecule has 2 atom stereocenters. The molecule has 6 heteroatoms. The van der Waals surface area contributed by atoms with E-state index in [4.69, 9.17) is 14.2 Å². The molecule has 2 aromatic carbocycles. The maximum atomic E-state index is 13.6. The van der Waals surface area contributed by atoms with E-state index in [1.165, 1.54) is 19.4 Å². The fourth-order valence-corrected chi connectivity index (χ4v) is 5.06. The lowest BCUT2D eigenvalue weighted by Crippen LogP contribution is -3.14. The summed E-state index contributed by atoms with van der Waals surface area (Å²) in [4.78, 5) is 17.3. The fourth-order valence-electron chi connectivity index (χ4n) is 5.06. The van der Waals surface area contributed by atoms with Crippen LogP contribution in [0.4, 0.5) is 0 Å². The molecule has 1 N–H and O–H groups in total. The van der Waals surface area contributed by atoms with Gasteiger partial charge in [0.1, 0.15) is 25.0 Å². The van der Waals surface area contributed by atoms with Gasteiger partial charge < -0.3 is 24.0 Å². The highest BCUT2D eigenvalue weighted by molar-refractivity contribution is 5.94. The molecular formula is C25H31N2O4+. The Morgan fingerprint density at radius 3 is 2.71 bits per heavy atom. The van der Waals surface area contributed by atoms with E-state index in [1.54, 1.807) is 4.90 Å². The first kappa shape index (κ1) is 20.2. The lowest BCUT2D eigenvalue weighted by molar-refractivity contribution is -0.909. The van der Waals surface area contributed by atoms with Gasteiger partial charge in [-0.1, -0.05) is 6.07 Å². The molecule has 2 aromatic rings. The first-order chi connectivity index (χ1) is 15.2. The largest absolute Gasteiger partial charge is 0.493 e. The van der Waals surface area contributed by atoms with Crippen LogP contribution in [0.3, 0.4) is 0 Å². The molecule has 3 heterocycles. The number of carbonyl (C=O) groups excluding carboxylic acids is 1. The van der Waals surface area contributed by atoms with Gasteiger partial charge in [0.05, 0.1) is 26.2 Å². The lowest BCUT2D eigenvalue weighted by Gasteiger charge is -2.29. The minimum Gasteiger partial charge on any atom is -0.493 e. The standard InChI is InChI=1S/C25H30N2O4/c1-2-26-10-3-4-21(26)17-27(16-18-5-7-23-24(14-18)31-13-12-30-23)25(28)20-6-8-22-19(15-20)9-11-29-22/h5-8,14-15,21H,2-4,9-13,16-17H2,1H3/p+1/t21-/m0/s1. The van der Waals surface area contributed by atoms with Crippen LogP contribution in [0, 0.1) is 0 Å². The van der Waals surface area contributed by atoms with Gasteiger partial charge in [0.25, 0.3) is 5.91 Å². The van der Waals surface area contributed by atoms with Crippen LogP contribution in [0.25, 0.3) is 0 Å². The van der Waals surface area contributed by atoms with Gasteiger partial charge in [-0.2, -0.15) is 0 Å². The van der Waals surface area contributed by atoms with Gasteiger partial charge in [-0.3, -0.25) is 4.79 Å². The molecule has 0 spiro atoms. The number of likely N-dealkylation sites (N-methyl/N-ethyl adjacent to an activating group) is 1. The number of nitrogens with zero attached hydrogens (tertiary/aromatic N) is 1. The molecule has 1 fully saturated rings. The number of amides is 1. The SMILES string of the molecule is CC[NH+]1CCC[C@H]1CN(Cc1ccc2c(c1)OCCO2)C(=O)c1ccc2c(c1)CCO2. The van der Waals surface area contributed by atoms with E-state index in [0.717, 1.165) is 53.4 Å². The molecule has 0 radical (unpaired) electrons. The Kier molecular flexibility index (Phi) is 5.72. The van der Waals surface area contributed by atoms with Gasteiger partial charge in [-0.25, -0.2) is 0 Å². The Bertz CT molecular complexity index is 961. The van der Waals surface area contributed by atoms with Gasteiger partial charge in [0.2, 0.25) is 0 Å². The summed E-state index contributed by atoms with van der Waals surface area (Å²) in [6.07, 6.45) is 3.27. The zero-order valence-electron chi connectivity index (χ0n) is 18.2. The maximum absolute atomic E-state index is 13.6. The quantitative estimate of drug-likeness (QED) is 0.773. The number of fused-ring (bicyclic) bond motifs is 2. The molecule has 0 saturated carbocycles. The molecule has 0 bridgehead atoms. The molecule has 3 aliphatic heterocycles. The second kappa shape index (κ2) is 8.79. The normalized spacial score (nSPS) is 21.5. The maximum Gasteiger partial charge on any atom is 0.254 e. The van der Waals surface area contributed by atoms with E-state index in [0.29, 0.717) is 32.4 Å². The molecule has 1 saturated heterocycles. The van der Waals surface area contributed by atoms with E-state index in [9.17, 15) is 4.79 Å². The molecule has 0 aromatic heterocycles.